The SMILES string of the molecule is CC(C)S(=O)(=O)c1ccc(C(=O)N2CCC3(CC2)Oc2cc(Cl)ccc2-n2c(C#N)ccc23)cc1.COc1cc(C(=O)N2CCC3(CC2)Oc2ccccc2-n2c(C#N)ccc23)ccc1OC[C@@H](O)CO.COc1cc(C(=O)N2CCC3(CC2)Oc2ccccc2-n2cccc23)ccc1OC1CCC(O)C1.Cc1cc(C(=O)N2CCC3(CC2)Oc2ccccc2-n2c(CNC=O)ccc23)ccc1OC(C)C.[HH].[HH].[HH].[HH]. The van der Waals surface area contributed by atoms with Gasteiger partial charge >= 0.3 is 0 Å². The Morgan fingerprint density at radius 2 is 0.950 bits per heavy atom. The number of carbonyl (C=O) groups excluding carboxylic acids is 5. The predicted molar refractivity (Wildman–Crippen MR) is 533 cm³/mol. The maximum atomic E-state index is 13.4. The molecule has 2 unspecified atom stereocenters. The van der Waals surface area contributed by atoms with E-state index in [4.69, 9.17) is 59.3 Å². The van der Waals surface area contributed by atoms with Crippen LogP contribution in [0.5, 0.6) is 51.7 Å². The number of nitriles is 2. The molecule has 4 aromatic heterocycles. The van der Waals surface area contributed by atoms with Gasteiger partial charge in [-0.3, -0.25) is 33.1 Å². The van der Waals surface area contributed by atoms with E-state index >= 15 is 0 Å². The predicted octanol–water partition coefficient (Wildman–Crippen LogP) is 17.0. The monoisotopic (exact) mass is 1950 g/mol. The minimum Gasteiger partial charge on any atom is -0.493 e. The summed E-state index contributed by atoms with van der Waals surface area (Å²) in [6, 6.07) is 71.5. The molecule has 0 radical (unpaired) electrons. The number of methoxy groups -OCH3 is 2. The highest BCUT2D eigenvalue weighted by Gasteiger charge is 2.51. The molecule has 12 aromatic rings. The molecule has 141 heavy (non-hydrogen) atoms. The number of hydrogen-bond donors (Lipinski definition) is 4. The van der Waals surface area contributed by atoms with Crippen LogP contribution in [-0.2, 0) is 43.6 Å². The molecule has 4 spiro atoms. The average Bonchev–Trinajstić information content (AvgIpc) is 1.60. The van der Waals surface area contributed by atoms with Crippen molar-refractivity contribution >= 4 is 51.5 Å². The lowest BCUT2D eigenvalue weighted by Gasteiger charge is -2.45. The minimum absolute atomic E-state index is 0. The number of sulfone groups is 1. The van der Waals surface area contributed by atoms with Gasteiger partial charge in [0.05, 0.1) is 95.2 Å². The largest absolute Gasteiger partial charge is 0.493 e. The number of hydrogen-bond acceptors (Lipinski definition) is 21. The first-order valence-corrected chi connectivity index (χ1v) is 49.6. The van der Waals surface area contributed by atoms with Gasteiger partial charge in [-0.25, -0.2) is 8.42 Å². The summed E-state index contributed by atoms with van der Waals surface area (Å²) < 4.78 is 87.6. The van der Waals surface area contributed by atoms with Gasteiger partial charge in [-0.15, -0.1) is 0 Å². The van der Waals surface area contributed by atoms with Crippen molar-refractivity contribution in [2.45, 2.75) is 169 Å². The fraction of sp³-hybridized carbons (Fsp3) is 0.349. The highest BCUT2D eigenvalue weighted by Crippen LogP contribution is 2.52. The molecule has 4 N–H and O–H groups in total. The Morgan fingerprint density at radius 1 is 0.511 bits per heavy atom. The number of benzene rings is 8. The fourth-order valence-corrected chi connectivity index (χ4v) is 21.8. The molecule has 3 atom stereocenters. The molecule has 8 aromatic carbocycles. The second-order valence-corrected chi connectivity index (χ2v) is 40.3. The molecule has 8 aliphatic heterocycles. The highest BCUT2D eigenvalue weighted by molar-refractivity contribution is 7.92. The van der Waals surface area contributed by atoms with Gasteiger partial charge in [0.1, 0.15) is 71.1 Å². The van der Waals surface area contributed by atoms with Crippen LogP contribution < -0.4 is 47.9 Å². The van der Waals surface area contributed by atoms with E-state index in [-0.39, 0.29) is 59.1 Å². The van der Waals surface area contributed by atoms with E-state index in [0.717, 1.165) is 105 Å². The number of nitrogens with zero attached hydrogens (tertiary/aromatic N) is 10. The van der Waals surface area contributed by atoms with E-state index in [1.807, 2.05) is 155 Å². The van der Waals surface area contributed by atoms with Gasteiger partial charge in [0.15, 0.2) is 55.2 Å². The molecule has 12 heterocycles. The Labute approximate surface area is 829 Å². The van der Waals surface area contributed by atoms with E-state index in [0.29, 0.717) is 178 Å². The topological polar surface area (TPSA) is 356 Å². The number of likely N-dealkylation sites (tertiary alicyclic amines) is 4. The summed E-state index contributed by atoms with van der Waals surface area (Å²) in [5, 5.41) is 50.4. The summed E-state index contributed by atoms with van der Waals surface area (Å²) in [5.41, 5.74) is 10.6. The number of fused-ring (bicyclic) bond motifs is 16. The third kappa shape index (κ3) is 19.0. The van der Waals surface area contributed by atoms with Crippen molar-refractivity contribution in [2.24, 2.45) is 0 Å². The van der Waals surface area contributed by atoms with Crippen LogP contribution in [0.1, 0.15) is 191 Å². The second-order valence-electron chi connectivity index (χ2n) is 37.3. The van der Waals surface area contributed by atoms with E-state index in [1.54, 1.807) is 97.5 Å². The zero-order valence-electron chi connectivity index (χ0n) is 79.5. The Balaban J connectivity index is 0.000000152. The molecule has 1 aliphatic carbocycles. The number of para-hydroxylation sites is 6. The number of halogens is 1. The molecule has 4 saturated heterocycles. The first-order chi connectivity index (χ1) is 68.1. The summed E-state index contributed by atoms with van der Waals surface area (Å²) in [6.45, 7) is 13.4. The Hall–Kier alpha value is -14.5. The molecule has 5 fully saturated rings. The van der Waals surface area contributed by atoms with Gasteiger partial charge in [0.2, 0.25) is 6.41 Å². The van der Waals surface area contributed by atoms with Crippen LogP contribution in [-0.4, -0.2) is 201 Å². The van der Waals surface area contributed by atoms with Crippen LogP contribution in [0.4, 0.5) is 0 Å². The molecule has 21 rings (SSSR count). The molecular weight excluding hydrogens is 1830 g/mol. The maximum absolute atomic E-state index is 13.4. The molecule has 30 nitrogen and oxygen atoms in total. The number of aliphatic hydroxyl groups is 3. The zero-order valence-corrected chi connectivity index (χ0v) is 81.1. The van der Waals surface area contributed by atoms with E-state index in [9.17, 15) is 53.1 Å². The number of amides is 5. The summed E-state index contributed by atoms with van der Waals surface area (Å²) in [6.07, 6.45) is 8.79. The molecular formula is C109H120ClN11O19S. The van der Waals surface area contributed by atoms with Crippen molar-refractivity contribution in [3.05, 3.63) is 297 Å². The molecule has 0 bridgehead atoms. The van der Waals surface area contributed by atoms with Crippen molar-refractivity contribution < 1.29 is 96.0 Å². The number of rotatable bonds is 19. The van der Waals surface area contributed by atoms with Gasteiger partial charge < -0.3 is 92.0 Å². The second kappa shape index (κ2) is 40.4. The van der Waals surface area contributed by atoms with Crippen LogP contribution >= 0.6 is 11.6 Å². The maximum Gasteiger partial charge on any atom is 0.253 e. The van der Waals surface area contributed by atoms with E-state index < -0.39 is 50.2 Å². The third-order valence-corrected chi connectivity index (χ3v) is 30.4. The van der Waals surface area contributed by atoms with Crippen molar-refractivity contribution in [3.63, 3.8) is 0 Å². The van der Waals surface area contributed by atoms with Gasteiger partial charge in [-0.1, -0.05) is 48.0 Å². The van der Waals surface area contributed by atoms with E-state index in [2.05, 4.69) is 57.1 Å². The minimum atomic E-state index is -3.40. The molecule has 9 aliphatic rings. The Kier molecular flexibility index (Phi) is 27.7. The van der Waals surface area contributed by atoms with Gasteiger partial charge in [-0.2, -0.15) is 10.5 Å². The van der Waals surface area contributed by atoms with Crippen LogP contribution in [0.3, 0.4) is 0 Å². The zero-order chi connectivity index (χ0) is 98.8. The fourth-order valence-electron chi connectivity index (χ4n) is 20.6. The van der Waals surface area contributed by atoms with Gasteiger partial charge in [0, 0.05) is 161 Å². The summed E-state index contributed by atoms with van der Waals surface area (Å²) in [5.74, 6) is 5.46. The number of aliphatic hydroxyl groups excluding tert-OH is 3. The van der Waals surface area contributed by atoms with Crippen molar-refractivity contribution in [2.75, 3.05) is 79.8 Å². The number of piperidine rings is 4. The molecule has 738 valence electrons. The van der Waals surface area contributed by atoms with Crippen molar-refractivity contribution in [1.29, 1.82) is 10.5 Å². The van der Waals surface area contributed by atoms with Crippen molar-refractivity contribution in [1.82, 2.24) is 43.2 Å². The normalized spacial score (nSPS) is 17.7. The lowest BCUT2D eigenvalue weighted by molar-refractivity contribution is -0.109. The number of ether oxygens (including phenoxy) is 9. The molecule has 1 saturated carbocycles. The third-order valence-electron chi connectivity index (χ3n) is 28.0. The number of aryl methyl sites for hydroxylation is 1. The van der Waals surface area contributed by atoms with Gasteiger partial charge in [-0.05, 0) is 229 Å². The van der Waals surface area contributed by atoms with Crippen LogP contribution in [0.2, 0.25) is 5.02 Å². The van der Waals surface area contributed by atoms with Gasteiger partial charge in [0.25, 0.3) is 23.6 Å². The van der Waals surface area contributed by atoms with Crippen molar-refractivity contribution in [3.8, 4) is 86.6 Å². The molecule has 32 heteroatoms. The summed E-state index contributed by atoms with van der Waals surface area (Å²) in [7, 11) is -0.335. The summed E-state index contributed by atoms with van der Waals surface area (Å²) >= 11 is 6.22. The lowest BCUT2D eigenvalue weighted by atomic mass is 9.86. The van der Waals surface area contributed by atoms with E-state index in [1.165, 1.54) is 19.2 Å². The number of nitrogens with one attached hydrogen (secondary N) is 1. The first kappa shape index (κ1) is 96.8. The first-order valence-electron chi connectivity index (χ1n) is 47.7. The smallest absolute Gasteiger partial charge is 0.253 e. The average molecular weight is 1960 g/mol. The van der Waals surface area contributed by atoms with Crippen LogP contribution in [0.15, 0.2) is 229 Å². The Bertz CT molecular complexity index is 6940. The number of carbonyl (C=O) groups is 5. The van der Waals surface area contributed by atoms with Crippen LogP contribution in [0.25, 0.3) is 22.7 Å². The molecule has 5 amide bonds. The Morgan fingerprint density at radius 3 is 1.43 bits per heavy atom. The standard InChI is InChI=1S/C28H31N3O4.C28H30N2O5.C27H27N3O6.C26H24ClN3O4S.4H2/c1-19(2)34-24-10-8-21(16-20(24)3)27(33)30-14-12-28(13-15-30)26-11-9-22(17-29-18-32)31(26)23-6-4-5-7-25(23)35-28;1-33-25-17-19(8-11-24(25)34-21-10-9-20(31)18-21)27(32)29-15-12-28(13-16-29)26-7-4-14-30(26)22-5-2-3-6-23(22)35-28;1-34-24-14-18(6-8-23(24)35-17-20(32)16-31)26(33)29-12-10-27(11-13-29)25-9-7-19(15-28)30(25)21-4-2-3-5-22(21)36-27;1-17(2)35(32,33)21-7-3-18(4-8-21)25(31)29-13-11-26(12-14-29)24-10-6-20(16-28)30(24)22-9-5-19(27)15-23(22)34-26;;;;/h4-11,16,18-19H,12-15,17H2,1-3H3,(H,29,32);2-8,11,14,17,20-21,31H,9-10,12-13,15-16,18H2,1H3;2-9,14,20,31-32H,10-13,16-17H2,1H3;3-10,15,17H,11-14H2,1-2H3;4*1H/t;;20-;;;;;/m..0...../s1. The number of aromatic nitrogens is 4. The highest BCUT2D eigenvalue weighted by atomic mass is 35.5. The lowest BCUT2D eigenvalue weighted by Crippen LogP contribution is -2.50. The quantitative estimate of drug-likeness (QED) is 0.0546. The summed E-state index contributed by atoms with van der Waals surface area (Å²) in [4.78, 5) is 71.7. The van der Waals surface area contributed by atoms with Crippen LogP contribution in [0, 0.1) is 29.6 Å².